The summed E-state index contributed by atoms with van der Waals surface area (Å²) in [5.74, 6) is 0.974. The molecule has 0 amide bonds. The van der Waals surface area contributed by atoms with E-state index in [9.17, 15) is 0 Å². The van der Waals surface area contributed by atoms with Gasteiger partial charge in [-0.2, -0.15) is 0 Å². The van der Waals surface area contributed by atoms with E-state index in [0.717, 1.165) is 29.1 Å². The van der Waals surface area contributed by atoms with Gasteiger partial charge in [-0.05, 0) is 38.0 Å². The van der Waals surface area contributed by atoms with Crippen molar-refractivity contribution in [2.24, 2.45) is 0 Å². The fourth-order valence-corrected chi connectivity index (χ4v) is 2.81. The van der Waals surface area contributed by atoms with Crippen LogP contribution in [-0.2, 0) is 0 Å². The topological polar surface area (TPSA) is 22.1 Å². The van der Waals surface area contributed by atoms with Crippen molar-refractivity contribution in [3.63, 3.8) is 0 Å². The number of benzene rings is 1. The number of thiazole rings is 1. The summed E-state index contributed by atoms with van der Waals surface area (Å²) in [6.45, 7) is 6.41. The van der Waals surface area contributed by atoms with Crippen molar-refractivity contribution >= 4 is 21.6 Å². The molecule has 17 heavy (non-hydrogen) atoms. The van der Waals surface area contributed by atoms with Gasteiger partial charge in [0.25, 0.3) is 0 Å². The van der Waals surface area contributed by atoms with Crippen LogP contribution in [0.15, 0.2) is 18.2 Å². The first kappa shape index (κ1) is 12.4. The molecular formula is C14H19NOS. The first-order valence-corrected chi connectivity index (χ1v) is 7.08. The molecule has 3 heteroatoms. The molecule has 1 unspecified atom stereocenters. The van der Waals surface area contributed by atoms with Crippen molar-refractivity contribution in [3.8, 4) is 5.75 Å². The van der Waals surface area contributed by atoms with Crippen LogP contribution in [0.2, 0.25) is 0 Å². The van der Waals surface area contributed by atoms with Gasteiger partial charge in [0.2, 0.25) is 0 Å². The second kappa shape index (κ2) is 5.50. The number of nitrogens with zero attached hydrogens (tertiary/aromatic N) is 1. The van der Waals surface area contributed by atoms with E-state index in [4.69, 9.17) is 4.74 Å². The van der Waals surface area contributed by atoms with Gasteiger partial charge in [-0.1, -0.05) is 20.3 Å². The molecule has 0 fully saturated rings. The summed E-state index contributed by atoms with van der Waals surface area (Å²) in [6, 6.07) is 6.19. The van der Waals surface area contributed by atoms with E-state index in [1.165, 1.54) is 11.1 Å². The fraction of sp³-hybridized carbons (Fsp3) is 0.500. The number of hydrogen-bond donors (Lipinski definition) is 0. The summed E-state index contributed by atoms with van der Waals surface area (Å²) in [5, 5.41) is 1.11. The van der Waals surface area contributed by atoms with E-state index in [-0.39, 0.29) is 0 Å². The van der Waals surface area contributed by atoms with Gasteiger partial charge >= 0.3 is 0 Å². The predicted molar refractivity (Wildman–Crippen MR) is 74.0 cm³/mol. The molecule has 0 saturated carbocycles. The van der Waals surface area contributed by atoms with Gasteiger partial charge < -0.3 is 4.74 Å². The minimum atomic E-state index is 0.339. The number of hydrogen-bond acceptors (Lipinski definition) is 3. The molecule has 2 aromatic rings. The van der Waals surface area contributed by atoms with Crippen molar-refractivity contribution < 1.29 is 4.74 Å². The Labute approximate surface area is 107 Å². The lowest BCUT2D eigenvalue weighted by Crippen LogP contribution is -2.14. The molecule has 2 rings (SSSR count). The van der Waals surface area contributed by atoms with E-state index in [1.807, 2.05) is 19.1 Å². The Morgan fingerprint density at radius 3 is 2.88 bits per heavy atom. The van der Waals surface area contributed by atoms with Crippen LogP contribution in [0.5, 0.6) is 5.75 Å². The number of ether oxygens (including phenoxy) is 1. The Hall–Kier alpha value is -1.09. The van der Waals surface area contributed by atoms with E-state index in [1.54, 1.807) is 11.3 Å². The van der Waals surface area contributed by atoms with E-state index in [0.29, 0.717) is 6.10 Å². The van der Waals surface area contributed by atoms with Crippen molar-refractivity contribution in [2.45, 2.75) is 46.1 Å². The third-order valence-electron chi connectivity index (χ3n) is 2.84. The minimum absolute atomic E-state index is 0.339. The summed E-state index contributed by atoms with van der Waals surface area (Å²) in [6.07, 6.45) is 3.69. The molecule has 0 aliphatic rings. The van der Waals surface area contributed by atoms with Gasteiger partial charge in [-0.15, -0.1) is 11.3 Å². The monoisotopic (exact) mass is 249 g/mol. The number of aromatic nitrogens is 1. The lowest BCUT2D eigenvalue weighted by atomic mass is 10.1. The van der Waals surface area contributed by atoms with Crippen molar-refractivity contribution in [1.82, 2.24) is 4.98 Å². The van der Waals surface area contributed by atoms with E-state index >= 15 is 0 Å². The second-order valence-electron chi connectivity index (χ2n) is 4.30. The van der Waals surface area contributed by atoms with Gasteiger partial charge in [0.1, 0.15) is 5.75 Å². The Morgan fingerprint density at radius 1 is 1.35 bits per heavy atom. The van der Waals surface area contributed by atoms with Crippen LogP contribution in [0, 0.1) is 6.92 Å². The predicted octanol–water partition coefficient (Wildman–Crippen LogP) is 4.56. The number of fused-ring (bicyclic) bond motifs is 1. The molecule has 0 aliphatic heterocycles. The van der Waals surface area contributed by atoms with Crippen LogP contribution in [-0.4, -0.2) is 11.1 Å². The van der Waals surface area contributed by atoms with Crippen molar-refractivity contribution in [3.05, 3.63) is 23.2 Å². The zero-order valence-corrected chi connectivity index (χ0v) is 11.5. The fourth-order valence-electron chi connectivity index (χ4n) is 1.95. The molecule has 0 bridgehead atoms. The number of rotatable bonds is 5. The standard InChI is InChI=1S/C14H19NOS/c1-4-6-11(5-2)16-12-7-8-13-14(9-12)17-10(3)15-13/h7-9,11H,4-6H2,1-3H3. The first-order chi connectivity index (χ1) is 8.22. The first-order valence-electron chi connectivity index (χ1n) is 6.26. The Morgan fingerprint density at radius 2 is 2.18 bits per heavy atom. The molecule has 1 atom stereocenters. The largest absolute Gasteiger partial charge is 0.490 e. The summed E-state index contributed by atoms with van der Waals surface area (Å²) in [7, 11) is 0. The van der Waals surface area contributed by atoms with Gasteiger partial charge in [0.15, 0.2) is 0 Å². The van der Waals surface area contributed by atoms with Crippen molar-refractivity contribution in [2.75, 3.05) is 0 Å². The zero-order chi connectivity index (χ0) is 12.3. The van der Waals surface area contributed by atoms with Crippen LogP contribution >= 0.6 is 11.3 Å². The summed E-state index contributed by atoms with van der Waals surface area (Å²) in [4.78, 5) is 4.45. The molecule has 0 saturated heterocycles. The average Bonchev–Trinajstić information content (AvgIpc) is 2.68. The zero-order valence-electron chi connectivity index (χ0n) is 10.7. The maximum atomic E-state index is 6.00. The Balaban J connectivity index is 2.17. The smallest absolute Gasteiger partial charge is 0.121 e. The minimum Gasteiger partial charge on any atom is -0.490 e. The molecule has 1 aromatic carbocycles. The SMILES string of the molecule is CCCC(CC)Oc1ccc2nc(C)sc2c1. The quantitative estimate of drug-likeness (QED) is 0.774. The molecule has 0 aliphatic carbocycles. The molecule has 0 N–H and O–H groups in total. The number of aryl methyl sites for hydroxylation is 1. The van der Waals surface area contributed by atoms with E-state index in [2.05, 4.69) is 24.9 Å². The van der Waals surface area contributed by atoms with Crippen molar-refractivity contribution in [1.29, 1.82) is 0 Å². The summed E-state index contributed by atoms with van der Waals surface area (Å²) >= 11 is 1.72. The van der Waals surface area contributed by atoms with Gasteiger partial charge in [0.05, 0.1) is 21.3 Å². The maximum absolute atomic E-state index is 6.00. The van der Waals surface area contributed by atoms with Crippen LogP contribution in [0.25, 0.3) is 10.2 Å². The molecule has 1 aromatic heterocycles. The molecule has 1 heterocycles. The summed E-state index contributed by atoms with van der Waals surface area (Å²) < 4.78 is 7.21. The normalized spacial score (nSPS) is 12.9. The highest BCUT2D eigenvalue weighted by atomic mass is 32.1. The summed E-state index contributed by atoms with van der Waals surface area (Å²) in [5.41, 5.74) is 1.07. The van der Waals surface area contributed by atoms with E-state index < -0.39 is 0 Å². The van der Waals surface area contributed by atoms with Gasteiger partial charge in [0, 0.05) is 0 Å². The van der Waals surface area contributed by atoms with Gasteiger partial charge in [-0.25, -0.2) is 4.98 Å². The Kier molecular flexibility index (Phi) is 4.00. The van der Waals surface area contributed by atoms with Gasteiger partial charge in [-0.3, -0.25) is 0 Å². The second-order valence-corrected chi connectivity index (χ2v) is 5.53. The lowest BCUT2D eigenvalue weighted by molar-refractivity contribution is 0.186. The third-order valence-corrected chi connectivity index (χ3v) is 3.77. The van der Waals surface area contributed by atoms with Crippen LogP contribution in [0.1, 0.15) is 38.1 Å². The molecule has 0 spiro atoms. The highest BCUT2D eigenvalue weighted by Gasteiger charge is 2.08. The molecule has 92 valence electrons. The van der Waals surface area contributed by atoms with Crippen LogP contribution in [0.4, 0.5) is 0 Å². The molecule has 0 radical (unpaired) electrons. The maximum Gasteiger partial charge on any atom is 0.121 e. The third kappa shape index (κ3) is 2.97. The highest BCUT2D eigenvalue weighted by molar-refractivity contribution is 7.18. The van der Waals surface area contributed by atoms with Crippen LogP contribution in [0.3, 0.4) is 0 Å². The average molecular weight is 249 g/mol. The molecule has 2 nitrogen and oxygen atoms in total. The lowest BCUT2D eigenvalue weighted by Gasteiger charge is -2.16. The Bertz CT molecular complexity index is 492. The highest BCUT2D eigenvalue weighted by Crippen LogP contribution is 2.27. The molecular weight excluding hydrogens is 230 g/mol. The van der Waals surface area contributed by atoms with Crippen LogP contribution < -0.4 is 4.74 Å².